The fourth-order valence-electron chi connectivity index (χ4n) is 5.11. The molecule has 2 aromatic rings. The molecule has 0 atom stereocenters. The molecule has 2 heterocycles. The van der Waals surface area contributed by atoms with Gasteiger partial charge in [0, 0.05) is 33.8 Å². The van der Waals surface area contributed by atoms with Crippen LogP contribution in [0.4, 0.5) is 9.93 Å². The predicted octanol–water partition coefficient (Wildman–Crippen LogP) is 5.37. The molecule has 0 spiro atoms. The lowest BCUT2D eigenvalue weighted by atomic mass is 9.81. The lowest BCUT2D eigenvalue weighted by Crippen LogP contribution is -2.46. The number of urea groups is 1. The quantitative estimate of drug-likeness (QED) is 0.414. The summed E-state index contributed by atoms with van der Waals surface area (Å²) in [5.74, 6) is 0.739. The summed E-state index contributed by atoms with van der Waals surface area (Å²) in [5, 5.41) is 11.8. The Balaban J connectivity index is 1.18. The fourth-order valence-corrected chi connectivity index (χ4v) is 6.25. The van der Waals surface area contributed by atoms with Crippen LogP contribution >= 0.6 is 27.3 Å². The molecular formula is C27H38BrN5O2S. The van der Waals surface area contributed by atoms with E-state index in [4.69, 9.17) is 0 Å². The Labute approximate surface area is 227 Å². The summed E-state index contributed by atoms with van der Waals surface area (Å²) in [6.45, 7) is 7.00. The van der Waals surface area contributed by atoms with Crippen molar-refractivity contribution in [1.29, 1.82) is 0 Å². The Kier molecular flexibility index (Phi) is 9.06. The van der Waals surface area contributed by atoms with Crippen LogP contribution in [0.1, 0.15) is 63.6 Å². The van der Waals surface area contributed by atoms with Crippen LogP contribution in [0.5, 0.6) is 0 Å². The molecule has 0 bridgehead atoms. The number of nitrogens with one attached hydrogen (secondary N) is 3. The summed E-state index contributed by atoms with van der Waals surface area (Å²) in [6, 6.07) is 8.35. The number of amides is 3. The normalized spacial score (nSPS) is 21.7. The zero-order valence-corrected chi connectivity index (χ0v) is 23.9. The Morgan fingerprint density at radius 3 is 2.42 bits per heavy atom. The largest absolute Gasteiger partial charge is 0.353 e. The number of nitrogens with zero attached hydrogens (tertiary/aromatic N) is 2. The van der Waals surface area contributed by atoms with Crippen molar-refractivity contribution in [3.8, 4) is 0 Å². The van der Waals surface area contributed by atoms with Crippen LogP contribution in [0.3, 0.4) is 0 Å². The standard InChI is InChI=1S/C27H38BrN5O2S/c1-27(2,20-8-10-21(28)11-9-20)23-17-36-26(31-23)32-25(35)29-16-18-4-6-19(7-5-18)24(34)30-22-12-14-33(3)15-13-22/h8-11,17-19,22H,4-7,12-16H2,1-3H3,(H,30,34)(H2,29,31,32,35). The van der Waals surface area contributed by atoms with Crippen molar-refractivity contribution in [2.24, 2.45) is 11.8 Å². The topological polar surface area (TPSA) is 86.4 Å². The van der Waals surface area contributed by atoms with Crippen LogP contribution < -0.4 is 16.0 Å². The minimum absolute atomic E-state index is 0.109. The molecular weight excluding hydrogens is 538 g/mol. The van der Waals surface area contributed by atoms with E-state index in [1.807, 2.05) is 17.5 Å². The zero-order chi connectivity index (χ0) is 25.7. The first kappa shape index (κ1) is 27.1. The number of piperidine rings is 1. The van der Waals surface area contributed by atoms with Crippen molar-refractivity contribution < 1.29 is 9.59 Å². The number of aromatic nitrogens is 1. The van der Waals surface area contributed by atoms with E-state index in [9.17, 15) is 9.59 Å². The summed E-state index contributed by atoms with van der Waals surface area (Å²) >= 11 is 4.93. The van der Waals surface area contributed by atoms with Gasteiger partial charge in [0.1, 0.15) is 0 Å². The first-order valence-electron chi connectivity index (χ1n) is 13.0. The van der Waals surface area contributed by atoms with Crippen molar-refractivity contribution in [2.45, 2.75) is 63.8 Å². The lowest BCUT2D eigenvalue weighted by Gasteiger charge is -2.32. The minimum Gasteiger partial charge on any atom is -0.353 e. The molecule has 1 saturated heterocycles. The summed E-state index contributed by atoms with van der Waals surface area (Å²) in [7, 11) is 2.13. The number of thiazole rings is 1. The molecule has 3 amide bonds. The summed E-state index contributed by atoms with van der Waals surface area (Å²) in [5.41, 5.74) is 1.84. The smallest absolute Gasteiger partial charge is 0.321 e. The van der Waals surface area contributed by atoms with E-state index in [-0.39, 0.29) is 23.3 Å². The van der Waals surface area contributed by atoms with Gasteiger partial charge in [0.25, 0.3) is 0 Å². The molecule has 1 aromatic heterocycles. The average molecular weight is 577 g/mol. The van der Waals surface area contributed by atoms with E-state index >= 15 is 0 Å². The zero-order valence-electron chi connectivity index (χ0n) is 21.5. The summed E-state index contributed by atoms with van der Waals surface area (Å²) in [6.07, 6.45) is 5.81. The molecule has 1 saturated carbocycles. The molecule has 2 aliphatic rings. The Bertz CT molecular complexity index is 1030. The number of carbonyl (C=O) groups is 2. The highest BCUT2D eigenvalue weighted by Crippen LogP contribution is 2.34. The number of carbonyl (C=O) groups excluding carboxylic acids is 2. The van der Waals surface area contributed by atoms with Gasteiger partial charge in [-0.05, 0) is 82.3 Å². The van der Waals surface area contributed by atoms with Gasteiger partial charge in [-0.15, -0.1) is 11.3 Å². The van der Waals surface area contributed by atoms with Gasteiger partial charge in [-0.3, -0.25) is 10.1 Å². The second-order valence-corrected chi connectivity index (χ2v) is 12.6. The molecule has 0 radical (unpaired) electrons. The maximum atomic E-state index is 12.7. The van der Waals surface area contributed by atoms with E-state index in [0.717, 1.165) is 61.8 Å². The molecule has 1 aliphatic carbocycles. The number of anilines is 1. The van der Waals surface area contributed by atoms with E-state index < -0.39 is 0 Å². The Morgan fingerprint density at radius 1 is 1.08 bits per heavy atom. The van der Waals surface area contributed by atoms with Crippen molar-refractivity contribution in [3.63, 3.8) is 0 Å². The molecule has 2 fully saturated rings. The first-order valence-corrected chi connectivity index (χ1v) is 14.6. The van der Waals surface area contributed by atoms with Crippen LogP contribution in [0.15, 0.2) is 34.1 Å². The molecule has 36 heavy (non-hydrogen) atoms. The highest BCUT2D eigenvalue weighted by atomic mass is 79.9. The number of likely N-dealkylation sites (tertiary alicyclic amines) is 1. The summed E-state index contributed by atoms with van der Waals surface area (Å²) < 4.78 is 1.05. The molecule has 7 nitrogen and oxygen atoms in total. The minimum atomic E-state index is -0.258. The highest BCUT2D eigenvalue weighted by Gasteiger charge is 2.29. The van der Waals surface area contributed by atoms with Crippen LogP contribution in [0.25, 0.3) is 0 Å². The van der Waals surface area contributed by atoms with Gasteiger partial charge in [0.2, 0.25) is 5.91 Å². The second-order valence-electron chi connectivity index (χ2n) is 10.8. The van der Waals surface area contributed by atoms with E-state index in [0.29, 0.717) is 23.6 Å². The van der Waals surface area contributed by atoms with Crippen LogP contribution in [0, 0.1) is 11.8 Å². The summed E-state index contributed by atoms with van der Waals surface area (Å²) in [4.78, 5) is 32.2. The third kappa shape index (κ3) is 7.07. The predicted molar refractivity (Wildman–Crippen MR) is 150 cm³/mol. The van der Waals surface area contributed by atoms with Gasteiger partial charge in [0.15, 0.2) is 5.13 Å². The van der Waals surface area contributed by atoms with Gasteiger partial charge in [-0.2, -0.15) is 0 Å². The number of hydrogen-bond donors (Lipinski definition) is 3. The highest BCUT2D eigenvalue weighted by molar-refractivity contribution is 9.10. The molecule has 196 valence electrons. The van der Waals surface area contributed by atoms with Crippen molar-refractivity contribution in [3.05, 3.63) is 45.4 Å². The van der Waals surface area contributed by atoms with Gasteiger partial charge < -0.3 is 15.5 Å². The monoisotopic (exact) mass is 575 g/mol. The van der Waals surface area contributed by atoms with Crippen molar-refractivity contribution in [2.75, 3.05) is 32.0 Å². The van der Waals surface area contributed by atoms with Gasteiger partial charge in [0.05, 0.1) is 5.69 Å². The average Bonchev–Trinajstić information content (AvgIpc) is 3.34. The molecule has 3 N–H and O–H groups in total. The number of rotatable bonds is 7. The van der Waals surface area contributed by atoms with Crippen LogP contribution in [-0.4, -0.2) is 54.5 Å². The molecule has 4 rings (SSSR count). The maximum absolute atomic E-state index is 12.7. The SMILES string of the molecule is CN1CCC(NC(=O)C2CCC(CNC(=O)Nc3nc(C(C)(C)c4ccc(Br)cc4)cs3)CC2)CC1. The third-order valence-corrected chi connectivity index (χ3v) is 9.05. The van der Waals surface area contributed by atoms with Gasteiger partial charge >= 0.3 is 6.03 Å². The lowest BCUT2D eigenvalue weighted by molar-refractivity contribution is -0.127. The van der Waals surface area contributed by atoms with E-state index in [1.54, 1.807) is 0 Å². The van der Waals surface area contributed by atoms with Crippen molar-refractivity contribution in [1.82, 2.24) is 20.5 Å². The third-order valence-electron chi connectivity index (χ3n) is 7.76. The molecule has 1 aromatic carbocycles. The second kappa shape index (κ2) is 12.0. The fraction of sp³-hybridized carbons (Fsp3) is 0.593. The molecule has 9 heteroatoms. The number of halogens is 1. The Morgan fingerprint density at radius 2 is 1.75 bits per heavy atom. The molecule has 0 unspecified atom stereocenters. The molecule has 1 aliphatic heterocycles. The van der Waals surface area contributed by atoms with E-state index in [1.165, 1.54) is 16.9 Å². The number of benzene rings is 1. The Hall–Kier alpha value is -1.97. The first-order chi connectivity index (χ1) is 17.2. The van der Waals surface area contributed by atoms with Crippen LogP contribution in [0.2, 0.25) is 0 Å². The van der Waals surface area contributed by atoms with Crippen LogP contribution in [-0.2, 0) is 10.2 Å². The van der Waals surface area contributed by atoms with Gasteiger partial charge in [-0.25, -0.2) is 9.78 Å². The van der Waals surface area contributed by atoms with E-state index in [2.05, 4.69) is 74.8 Å². The maximum Gasteiger partial charge on any atom is 0.321 e. The van der Waals surface area contributed by atoms with Crippen molar-refractivity contribution >= 4 is 44.3 Å². The van der Waals surface area contributed by atoms with Gasteiger partial charge in [-0.1, -0.05) is 41.9 Å². The number of hydrogen-bond acceptors (Lipinski definition) is 5.